The number of furan rings is 1. The summed E-state index contributed by atoms with van der Waals surface area (Å²) in [7, 11) is 0. The van der Waals surface area contributed by atoms with E-state index in [0.717, 1.165) is 11.4 Å². The van der Waals surface area contributed by atoms with Gasteiger partial charge in [-0.05, 0) is 38.5 Å². The number of aliphatic hydroxyl groups is 1. The Kier molecular flexibility index (Phi) is 4.57. The van der Waals surface area contributed by atoms with Crippen LogP contribution in [0.5, 0.6) is 0 Å². The van der Waals surface area contributed by atoms with Gasteiger partial charge in [0.2, 0.25) is 5.91 Å². The van der Waals surface area contributed by atoms with Crippen LogP contribution in [-0.4, -0.2) is 27.3 Å². The number of amides is 1. The van der Waals surface area contributed by atoms with Crippen LogP contribution in [0.3, 0.4) is 0 Å². The Balaban J connectivity index is 1.74. The lowest BCUT2D eigenvalue weighted by Gasteiger charge is -2.09. The van der Waals surface area contributed by atoms with Gasteiger partial charge < -0.3 is 14.8 Å². The van der Waals surface area contributed by atoms with Gasteiger partial charge >= 0.3 is 0 Å². The number of carbonyl (C=O) groups excluding carboxylic acids is 1. The minimum Gasteiger partial charge on any atom is -0.467 e. The summed E-state index contributed by atoms with van der Waals surface area (Å²) in [6.07, 6.45) is 1.23. The van der Waals surface area contributed by atoms with Crippen molar-refractivity contribution in [1.82, 2.24) is 15.1 Å². The number of hydrogen-bond donors (Lipinski definition) is 2. The summed E-state index contributed by atoms with van der Waals surface area (Å²) in [4.78, 5) is 11.8. The van der Waals surface area contributed by atoms with Crippen molar-refractivity contribution in [3.8, 4) is 0 Å². The lowest BCUT2D eigenvalue weighted by atomic mass is 10.2. The third-order valence-corrected chi connectivity index (χ3v) is 3.01. The predicted octanol–water partition coefficient (Wildman–Crippen LogP) is 1.33. The van der Waals surface area contributed by atoms with Crippen LogP contribution in [0.4, 0.5) is 0 Å². The molecule has 108 valence electrons. The Bertz CT molecular complexity index is 560. The minimum atomic E-state index is -0.695. The number of aryl methyl sites for hydroxylation is 2. The summed E-state index contributed by atoms with van der Waals surface area (Å²) in [5, 5.41) is 16.8. The van der Waals surface area contributed by atoms with Crippen LogP contribution in [0, 0.1) is 13.8 Å². The van der Waals surface area contributed by atoms with Gasteiger partial charge in [0, 0.05) is 12.2 Å². The highest BCUT2D eigenvalue weighted by molar-refractivity contribution is 5.75. The highest BCUT2D eigenvalue weighted by atomic mass is 16.4. The fraction of sp³-hybridized carbons (Fsp3) is 0.429. The third-order valence-electron chi connectivity index (χ3n) is 3.01. The molecule has 0 aliphatic heterocycles. The fourth-order valence-corrected chi connectivity index (χ4v) is 2.00. The lowest BCUT2D eigenvalue weighted by Crippen LogP contribution is -2.30. The maximum absolute atomic E-state index is 11.8. The molecule has 0 saturated carbocycles. The van der Waals surface area contributed by atoms with Crippen LogP contribution in [0.25, 0.3) is 0 Å². The predicted molar refractivity (Wildman–Crippen MR) is 73.0 cm³/mol. The van der Waals surface area contributed by atoms with Gasteiger partial charge in [-0.15, -0.1) is 0 Å². The first-order valence-corrected chi connectivity index (χ1v) is 6.55. The molecule has 2 rings (SSSR count). The van der Waals surface area contributed by atoms with Gasteiger partial charge in [0.1, 0.15) is 18.4 Å². The highest BCUT2D eigenvalue weighted by Crippen LogP contribution is 2.15. The van der Waals surface area contributed by atoms with Gasteiger partial charge in [-0.2, -0.15) is 5.10 Å². The molecule has 2 N–H and O–H groups in total. The number of aliphatic hydroxyl groups excluding tert-OH is 1. The molecule has 2 aromatic heterocycles. The van der Waals surface area contributed by atoms with Crippen molar-refractivity contribution >= 4 is 5.91 Å². The van der Waals surface area contributed by atoms with E-state index in [4.69, 9.17) is 4.42 Å². The van der Waals surface area contributed by atoms with E-state index in [2.05, 4.69) is 10.4 Å². The fourth-order valence-electron chi connectivity index (χ4n) is 2.00. The smallest absolute Gasteiger partial charge is 0.241 e. The van der Waals surface area contributed by atoms with Gasteiger partial charge in [-0.3, -0.25) is 9.48 Å². The third kappa shape index (κ3) is 3.71. The van der Waals surface area contributed by atoms with Gasteiger partial charge in [-0.1, -0.05) is 0 Å². The SMILES string of the molecule is Cc1cc(C)n(CC(=O)NCC[C@H](O)c2ccco2)n1. The molecule has 0 radical (unpaired) electrons. The zero-order chi connectivity index (χ0) is 14.5. The van der Waals surface area contributed by atoms with E-state index in [1.165, 1.54) is 6.26 Å². The van der Waals surface area contributed by atoms with Gasteiger partial charge in [-0.25, -0.2) is 0 Å². The molecular formula is C14H19N3O3. The maximum atomic E-state index is 11.8. The van der Waals surface area contributed by atoms with Crippen LogP contribution < -0.4 is 5.32 Å². The van der Waals surface area contributed by atoms with E-state index in [9.17, 15) is 9.90 Å². The van der Waals surface area contributed by atoms with Crippen molar-refractivity contribution < 1.29 is 14.3 Å². The Labute approximate surface area is 117 Å². The summed E-state index contributed by atoms with van der Waals surface area (Å²) in [5.74, 6) is 0.389. The van der Waals surface area contributed by atoms with Crippen molar-refractivity contribution in [2.24, 2.45) is 0 Å². The number of nitrogens with one attached hydrogen (secondary N) is 1. The van der Waals surface area contributed by atoms with Crippen LogP contribution in [0.1, 0.15) is 29.7 Å². The van der Waals surface area contributed by atoms with Gasteiger partial charge in [0.05, 0.1) is 12.0 Å². The first-order valence-electron chi connectivity index (χ1n) is 6.55. The van der Waals surface area contributed by atoms with Crippen molar-refractivity contribution in [1.29, 1.82) is 0 Å². The zero-order valence-electron chi connectivity index (χ0n) is 11.7. The summed E-state index contributed by atoms with van der Waals surface area (Å²) in [6.45, 7) is 4.38. The summed E-state index contributed by atoms with van der Waals surface area (Å²) in [6, 6.07) is 5.36. The molecule has 2 aromatic rings. The highest BCUT2D eigenvalue weighted by Gasteiger charge is 2.11. The van der Waals surface area contributed by atoms with Crippen LogP contribution >= 0.6 is 0 Å². The number of aromatic nitrogens is 2. The molecule has 0 fully saturated rings. The van der Waals surface area contributed by atoms with E-state index in [1.54, 1.807) is 16.8 Å². The Hall–Kier alpha value is -2.08. The first kappa shape index (κ1) is 14.3. The van der Waals surface area contributed by atoms with Crippen molar-refractivity contribution in [2.75, 3.05) is 6.54 Å². The molecule has 0 saturated heterocycles. The molecule has 2 heterocycles. The minimum absolute atomic E-state index is 0.122. The van der Waals surface area contributed by atoms with E-state index >= 15 is 0 Å². The Morgan fingerprint density at radius 2 is 2.35 bits per heavy atom. The van der Waals surface area contributed by atoms with E-state index in [1.807, 2.05) is 19.9 Å². The molecule has 0 aliphatic rings. The second kappa shape index (κ2) is 6.38. The average Bonchev–Trinajstić information content (AvgIpc) is 3.00. The normalized spacial score (nSPS) is 12.3. The zero-order valence-corrected chi connectivity index (χ0v) is 11.7. The molecule has 0 bridgehead atoms. The molecule has 6 nitrogen and oxygen atoms in total. The Morgan fingerprint density at radius 3 is 2.95 bits per heavy atom. The molecule has 20 heavy (non-hydrogen) atoms. The lowest BCUT2D eigenvalue weighted by molar-refractivity contribution is -0.121. The van der Waals surface area contributed by atoms with Gasteiger partial charge in [0.25, 0.3) is 0 Å². The molecular weight excluding hydrogens is 258 g/mol. The molecule has 0 unspecified atom stereocenters. The number of nitrogens with zero attached hydrogens (tertiary/aromatic N) is 2. The van der Waals surface area contributed by atoms with E-state index < -0.39 is 6.10 Å². The monoisotopic (exact) mass is 277 g/mol. The number of rotatable bonds is 6. The van der Waals surface area contributed by atoms with Crippen LogP contribution in [0.2, 0.25) is 0 Å². The van der Waals surface area contributed by atoms with Crippen LogP contribution in [-0.2, 0) is 11.3 Å². The van der Waals surface area contributed by atoms with Crippen molar-refractivity contribution in [3.63, 3.8) is 0 Å². The standard InChI is InChI=1S/C14H19N3O3/c1-10-8-11(2)17(16-10)9-14(19)15-6-5-12(18)13-4-3-7-20-13/h3-4,7-8,12,18H,5-6,9H2,1-2H3,(H,15,19)/t12-/m0/s1. The molecule has 0 aliphatic carbocycles. The van der Waals surface area contributed by atoms with E-state index in [-0.39, 0.29) is 12.5 Å². The maximum Gasteiger partial charge on any atom is 0.241 e. The van der Waals surface area contributed by atoms with Crippen molar-refractivity contribution in [2.45, 2.75) is 32.9 Å². The molecule has 1 atom stereocenters. The summed E-state index contributed by atoms with van der Waals surface area (Å²) in [5.41, 5.74) is 1.84. The summed E-state index contributed by atoms with van der Waals surface area (Å²) < 4.78 is 6.75. The first-order chi connectivity index (χ1) is 9.56. The summed E-state index contributed by atoms with van der Waals surface area (Å²) >= 11 is 0. The number of hydrogen-bond acceptors (Lipinski definition) is 4. The average molecular weight is 277 g/mol. The molecule has 6 heteroatoms. The largest absolute Gasteiger partial charge is 0.467 e. The van der Waals surface area contributed by atoms with Gasteiger partial charge in [0.15, 0.2) is 0 Å². The molecule has 0 spiro atoms. The second-order valence-corrected chi connectivity index (χ2v) is 4.75. The van der Waals surface area contributed by atoms with Crippen LogP contribution in [0.15, 0.2) is 28.9 Å². The molecule has 0 aromatic carbocycles. The van der Waals surface area contributed by atoms with Crippen molar-refractivity contribution in [3.05, 3.63) is 41.6 Å². The number of carbonyl (C=O) groups is 1. The topological polar surface area (TPSA) is 80.3 Å². The van der Waals surface area contributed by atoms with E-state index in [0.29, 0.717) is 18.7 Å². The molecule has 1 amide bonds. The Morgan fingerprint density at radius 1 is 1.55 bits per heavy atom. The quantitative estimate of drug-likeness (QED) is 0.835. The second-order valence-electron chi connectivity index (χ2n) is 4.75.